The number of rotatable bonds is 6. The second kappa shape index (κ2) is 9.55. The molecule has 0 radical (unpaired) electrons. The minimum Gasteiger partial charge on any atom is -0.451 e. The van der Waals surface area contributed by atoms with Gasteiger partial charge in [0.15, 0.2) is 6.61 Å². The monoisotopic (exact) mass is 499 g/mol. The number of alkyl halides is 3. The molecule has 0 bridgehead atoms. The molecule has 1 aromatic heterocycles. The first kappa shape index (κ1) is 24.1. The number of non-ortho nitro benzene ring substituents is 1. The number of thiazole rings is 1. The molecule has 0 spiro atoms. The molecule has 172 valence electrons. The maximum atomic E-state index is 13.2. The fourth-order valence-electron chi connectivity index (χ4n) is 2.70. The summed E-state index contributed by atoms with van der Waals surface area (Å²) in [6, 6.07) is 8.67. The van der Waals surface area contributed by atoms with E-state index in [4.69, 9.17) is 16.3 Å². The minimum atomic E-state index is -4.96. The molecule has 13 heteroatoms. The van der Waals surface area contributed by atoms with Crippen LogP contribution in [0.4, 0.5) is 24.5 Å². The maximum Gasteiger partial charge on any atom is 0.418 e. The van der Waals surface area contributed by atoms with E-state index < -0.39 is 46.5 Å². The first-order valence-corrected chi connectivity index (χ1v) is 10.2. The number of nitro groups is 1. The van der Waals surface area contributed by atoms with Gasteiger partial charge in [0.1, 0.15) is 9.88 Å². The average Bonchev–Trinajstić information content (AvgIpc) is 3.13. The van der Waals surface area contributed by atoms with Crippen LogP contribution in [0.2, 0.25) is 5.02 Å². The van der Waals surface area contributed by atoms with E-state index >= 15 is 0 Å². The number of amides is 1. The van der Waals surface area contributed by atoms with Crippen LogP contribution < -0.4 is 5.32 Å². The van der Waals surface area contributed by atoms with Crippen molar-refractivity contribution in [3.05, 3.63) is 73.7 Å². The predicted octanol–water partition coefficient (Wildman–Crippen LogP) is 5.49. The van der Waals surface area contributed by atoms with Gasteiger partial charge in [-0.15, -0.1) is 11.3 Å². The average molecular weight is 500 g/mol. The van der Waals surface area contributed by atoms with E-state index in [1.54, 1.807) is 31.2 Å². The number of halogens is 4. The Labute approximate surface area is 193 Å². The highest BCUT2D eigenvalue weighted by Crippen LogP contribution is 2.37. The van der Waals surface area contributed by atoms with Crippen LogP contribution in [0, 0.1) is 17.0 Å². The van der Waals surface area contributed by atoms with E-state index in [0.29, 0.717) is 27.4 Å². The van der Waals surface area contributed by atoms with E-state index in [2.05, 4.69) is 4.98 Å². The van der Waals surface area contributed by atoms with E-state index in [1.165, 1.54) is 0 Å². The van der Waals surface area contributed by atoms with Crippen LogP contribution in [0.1, 0.15) is 20.9 Å². The maximum absolute atomic E-state index is 13.2. The van der Waals surface area contributed by atoms with Crippen LogP contribution in [0.3, 0.4) is 0 Å². The SMILES string of the molecule is Cc1nc(-c2cccc(Cl)c2)sc1C(=O)OCC(=O)Nc1ccc([N+](=O)[O-])cc1C(F)(F)F. The number of aryl methyl sites for hydroxylation is 1. The highest BCUT2D eigenvalue weighted by Gasteiger charge is 2.35. The van der Waals surface area contributed by atoms with Gasteiger partial charge < -0.3 is 10.1 Å². The van der Waals surface area contributed by atoms with E-state index in [1.807, 2.05) is 5.32 Å². The number of hydrogen-bond donors (Lipinski definition) is 1. The third kappa shape index (κ3) is 5.84. The molecule has 0 saturated heterocycles. The highest BCUT2D eigenvalue weighted by molar-refractivity contribution is 7.17. The van der Waals surface area contributed by atoms with Crippen LogP contribution >= 0.6 is 22.9 Å². The second-order valence-corrected chi connectivity index (χ2v) is 7.99. The summed E-state index contributed by atoms with van der Waals surface area (Å²) in [6.07, 6.45) is -4.96. The molecule has 0 aliphatic heterocycles. The van der Waals surface area contributed by atoms with Gasteiger partial charge in [0.25, 0.3) is 11.6 Å². The Kier molecular flexibility index (Phi) is 6.98. The van der Waals surface area contributed by atoms with Gasteiger partial charge in [0.05, 0.1) is 21.9 Å². The smallest absolute Gasteiger partial charge is 0.418 e. The molecule has 0 unspecified atom stereocenters. The first-order valence-electron chi connectivity index (χ1n) is 9.01. The Morgan fingerprint density at radius 1 is 1.24 bits per heavy atom. The number of carbonyl (C=O) groups is 2. The van der Waals surface area contributed by atoms with Gasteiger partial charge in [-0.3, -0.25) is 14.9 Å². The summed E-state index contributed by atoms with van der Waals surface area (Å²) in [4.78, 5) is 38.6. The third-order valence-electron chi connectivity index (χ3n) is 4.18. The fourth-order valence-corrected chi connectivity index (χ4v) is 3.85. The summed E-state index contributed by atoms with van der Waals surface area (Å²) in [5.74, 6) is -1.94. The third-order valence-corrected chi connectivity index (χ3v) is 5.60. The summed E-state index contributed by atoms with van der Waals surface area (Å²) < 4.78 is 44.6. The number of ether oxygens (including phenoxy) is 1. The summed E-state index contributed by atoms with van der Waals surface area (Å²) >= 11 is 6.96. The van der Waals surface area contributed by atoms with Crippen molar-refractivity contribution >= 4 is 46.2 Å². The number of aromatic nitrogens is 1. The number of nitrogens with zero attached hydrogens (tertiary/aromatic N) is 2. The zero-order valence-corrected chi connectivity index (χ0v) is 18.2. The molecule has 2 aromatic carbocycles. The lowest BCUT2D eigenvalue weighted by Gasteiger charge is -2.13. The summed E-state index contributed by atoms with van der Waals surface area (Å²) in [5.41, 5.74) is -1.88. The fraction of sp³-hybridized carbons (Fsp3) is 0.150. The van der Waals surface area contributed by atoms with Gasteiger partial charge in [-0.1, -0.05) is 23.7 Å². The van der Waals surface area contributed by atoms with Gasteiger partial charge in [0.2, 0.25) is 0 Å². The number of nitro benzene ring substituents is 1. The standard InChI is InChI=1S/C20H13ClF3N3O5S/c1-10-17(33-18(25-10)11-3-2-4-12(21)7-11)19(29)32-9-16(28)26-15-6-5-13(27(30)31)8-14(15)20(22,23)24/h2-8H,9H2,1H3,(H,26,28). The van der Waals surface area contributed by atoms with E-state index in [9.17, 15) is 32.9 Å². The number of carbonyl (C=O) groups excluding carboxylic acids is 2. The molecule has 8 nitrogen and oxygen atoms in total. The molecule has 0 aliphatic carbocycles. The van der Waals surface area contributed by atoms with Gasteiger partial charge in [0, 0.05) is 22.7 Å². The molecule has 0 saturated carbocycles. The molecule has 0 atom stereocenters. The topological polar surface area (TPSA) is 111 Å². The van der Waals surface area contributed by atoms with Gasteiger partial charge in [-0.25, -0.2) is 9.78 Å². The molecule has 1 N–H and O–H groups in total. The molecule has 0 aliphatic rings. The van der Waals surface area contributed by atoms with Crippen LogP contribution in [0.15, 0.2) is 42.5 Å². The van der Waals surface area contributed by atoms with Crippen LogP contribution in [-0.2, 0) is 15.7 Å². The molecular weight excluding hydrogens is 487 g/mol. The van der Waals surface area contributed by atoms with E-state index in [0.717, 1.165) is 23.5 Å². The Balaban J connectivity index is 1.70. The Morgan fingerprint density at radius 2 is 1.97 bits per heavy atom. The molecular formula is C20H13ClF3N3O5S. The molecule has 3 aromatic rings. The zero-order valence-electron chi connectivity index (χ0n) is 16.6. The molecule has 0 fully saturated rings. The molecule has 33 heavy (non-hydrogen) atoms. The van der Waals surface area contributed by atoms with Crippen molar-refractivity contribution in [2.45, 2.75) is 13.1 Å². The van der Waals surface area contributed by atoms with E-state index in [-0.39, 0.29) is 4.88 Å². The number of esters is 1. The molecule has 3 rings (SSSR count). The van der Waals surface area contributed by atoms with Gasteiger partial charge in [-0.05, 0) is 25.1 Å². The summed E-state index contributed by atoms with van der Waals surface area (Å²) in [6.45, 7) is 0.685. The number of anilines is 1. The van der Waals surface area contributed by atoms with Crippen molar-refractivity contribution in [3.63, 3.8) is 0 Å². The first-order chi connectivity index (χ1) is 15.5. The lowest BCUT2D eigenvalue weighted by molar-refractivity contribution is -0.385. The molecule has 1 amide bonds. The zero-order chi connectivity index (χ0) is 24.3. The number of nitrogens with one attached hydrogen (secondary N) is 1. The summed E-state index contributed by atoms with van der Waals surface area (Å²) in [5, 5.41) is 13.7. The highest BCUT2D eigenvalue weighted by atomic mass is 35.5. The largest absolute Gasteiger partial charge is 0.451 e. The van der Waals surface area contributed by atoms with Crippen molar-refractivity contribution in [3.8, 4) is 10.6 Å². The quantitative estimate of drug-likeness (QED) is 0.272. The molecule has 1 heterocycles. The van der Waals surface area contributed by atoms with Crippen LogP contribution in [-0.4, -0.2) is 28.4 Å². The second-order valence-electron chi connectivity index (χ2n) is 6.55. The van der Waals surface area contributed by atoms with Crippen molar-refractivity contribution in [1.29, 1.82) is 0 Å². The minimum absolute atomic E-state index is 0.115. The Morgan fingerprint density at radius 3 is 2.61 bits per heavy atom. The van der Waals surface area contributed by atoms with Gasteiger partial charge in [-0.2, -0.15) is 13.2 Å². The van der Waals surface area contributed by atoms with Crippen molar-refractivity contribution in [1.82, 2.24) is 4.98 Å². The lowest BCUT2D eigenvalue weighted by atomic mass is 10.1. The van der Waals surface area contributed by atoms with Gasteiger partial charge >= 0.3 is 12.1 Å². The normalized spacial score (nSPS) is 11.2. The lowest BCUT2D eigenvalue weighted by Crippen LogP contribution is -2.22. The predicted molar refractivity (Wildman–Crippen MR) is 114 cm³/mol. The number of hydrogen-bond acceptors (Lipinski definition) is 7. The van der Waals surface area contributed by atoms with Crippen LogP contribution in [0.25, 0.3) is 10.6 Å². The van der Waals surface area contributed by atoms with Crippen molar-refractivity contribution in [2.75, 3.05) is 11.9 Å². The van der Waals surface area contributed by atoms with Crippen molar-refractivity contribution < 1.29 is 32.4 Å². The number of benzene rings is 2. The Bertz CT molecular complexity index is 1250. The summed E-state index contributed by atoms with van der Waals surface area (Å²) in [7, 11) is 0. The Hall–Kier alpha value is -3.51. The van der Waals surface area contributed by atoms with Crippen molar-refractivity contribution in [2.24, 2.45) is 0 Å². The van der Waals surface area contributed by atoms with Crippen LogP contribution in [0.5, 0.6) is 0 Å².